The first-order valence-electron chi connectivity index (χ1n) is 8.31. The highest BCUT2D eigenvalue weighted by Gasteiger charge is 2.12. The normalized spacial score (nSPS) is 11.0. The molecule has 5 heteroatoms. The number of aromatic nitrogens is 2. The van der Waals surface area contributed by atoms with Crippen molar-refractivity contribution in [2.45, 2.75) is 6.54 Å². The van der Waals surface area contributed by atoms with Crippen LogP contribution in [0, 0.1) is 0 Å². The molecule has 4 aromatic rings. The van der Waals surface area contributed by atoms with Crippen LogP contribution < -0.4 is 4.74 Å². The number of halogens is 2. The molecule has 0 fully saturated rings. The molecule has 1 aromatic heterocycles. The third kappa shape index (κ3) is 3.41. The number of hydrogen-bond acceptors (Lipinski definition) is 2. The van der Waals surface area contributed by atoms with E-state index in [9.17, 15) is 0 Å². The summed E-state index contributed by atoms with van der Waals surface area (Å²) in [6.07, 6.45) is 0. The molecule has 0 bridgehead atoms. The van der Waals surface area contributed by atoms with E-state index in [1.807, 2.05) is 66.7 Å². The number of nitrogens with zero attached hydrogens (tertiary/aromatic N) is 2. The molecule has 0 aliphatic rings. The Morgan fingerprint density at radius 2 is 1.58 bits per heavy atom. The molecule has 1 heterocycles. The van der Waals surface area contributed by atoms with Crippen LogP contribution >= 0.6 is 23.2 Å². The van der Waals surface area contributed by atoms with E-state index in [2.05, 4.69) is 10.6 Å². The van der Waals surface area contributed by atoms with E-state index in [1.165, 1.54) is 0 Å². The number of fused-ring (bicyclic) bond motifs is 1. The highest BCUT2D eigenvalue weighted by molar-refractivity contribution is 6.32. The van der Waals surface area contributed by atoms with Crippen molar-refractivity contribution in [3.63, 3.8) is 0 Å². The number of ether oxygens (including phenoxy) is 1. The van der Waals surface area contributed by atoms with Crippen LogP contribution in [0.1, 0.15) is 0 Å². The molecule has 0 amide bonds. The molecule has 0 atom stereocenters. The summed E-state index contributed by atoms with van der Waals surface area (Å²) in [4.78, 5) is 4.79. The molecule has 26 heavy (non-hydrogen) atoms. The molecule has 4 rings (SSSR count). The molecule has 0 saturated carbocycles. The van der Waals surface area contributed by atoms with Crippen LogP contribution in [0.4, 0.5) is 0 Å². The van der Waals surface area contributed by atoms with Gasteiger partial charge in [0.05, 0.1) is 22.6 Å². The lowest BCUT2D eigenvalue weighted by Crippen LogP contribution is -2.09. The predicted octanol–water partition coefficient (Wildman–Crippen LogP) is 6.09. The Labute approximate surface area is 161 Å². The zero-order valence-corrected chi connectivity index (χ0v) is 15.4. The molecular weight excluding hydrogens is 367 g/mol. The summed E-state index contributed by atoms with van der Waals surface area (Å²) in [5.41, 5.74) is 3.04. The molecule has 0 N–H and O–H groups in total. The third-order valence-corrected chi connectivity index (χ3v) is 4.73. The number of rotatable bonds is 5. The minimum absolute atomic E-state index is 0.491. The zero-order valence-electron chi connectivity index (χ0n) is 13.9. The van der Waals surface area contributed by atoms with Crippen molar-refractivity contribution in [1.29, 1.82) is 0 Å². The van der Waals surface area contributed by atoms with Crippen molar-refractivity contribution in [3.8, 4) is 17.1 Å². The minimum Gasteiger partial charge on any atom is -0.490 e. The largest absolute Gasteiger partial charge is 0.490 e. The molecule has 0 radical (unpaired) electrons. The van der Waals surface area contributed by atoms with E-state index in [0.29, 0.717) is 28.9 Å². The number of imidazole rings is 1. The highest BCUT2D eigenvalue weighted by atomic mass is 35.5. The van der Waals surface area contributed by atoms with Crippen LogP contribution in [0.3, 0.4) is 0 Å². The molecule has 3 aromatic carbocycles. The SMILES string of the molecule is Clc1ccc(-c2nc3ccccc3n2CCOc2ccccc2Cl)cc1. The van der Waals surface area contributed by atoms with Gasteiger partial charge in [-0.15, -0.1) is 0 Å². The van der Waals surface area contributed by atoms with E-state index in [4.69, 9.17) is 32.9 Å². The second-order valence-corrected chi connectivity index (χ2v) is 6.71. The molecule has 0 spiro atoms. The van der Waals surface area contributed by atoms with Crippen LogP contribution in [0.5, 0.6) is 5.75 Å². The van der Waals surface area contributed by atoms with Crippen molar-refractivity contribution in [1.82, 2.24) is 9.55 Å². The average molecular weight is 383 g/mol. The van der Waals surface area contributed by atoms with Gasteiger partial charge in [0.2, 0.25) is 0 Å². The van der Waals surface area contributed by atoms with Crippen LogP contribution in [-0.4, -0.2) is 16.2 Å². The van der Waals surface area contributed by atoms with E-state index in [1.54, 1.807) is 0 Å². The second-order valence-electron chi connectivity index (χ2n) is 5.86. The Kier molecular flexibility index (Phi) is 4.83. The number of hydrogen-bond donors (Lipinski definition) is 0. The van der Waals surface area contributed by atoms with Gasteiger partial charge in [-0.3, -0.25) is 0 Å². The molecule has 0 aliphatic heterocycles. The summed E-state index contributed by atoms with van der Waals surface area (Å²) in [6, 6.07) is 23.3. The summed E-state index contributed by atoms with van der Waals surface area (Å²) in [6.45, 7) is 1.15. The van der Waals surface area contributed by atoms with E-state index in [-0.39, 0.29) is 0 Å². The Hall–Kier alpha value is -2.49. The minimum atomic E-state index is 0.491. The van der Waals surface area contributed by atoms with Gasteiger partial charge >= 0.3 is 0 Å². The molecular formula is C21H16Cl2N2O. The van der Waals surface area contributed by atoms with Crippen molar-refractivity contribution in [2.75, 3.05) is 6.61 Å². The van der Waals surface area contributed by atoms with E-state index >= 15 is 0 Å². The van der Waals surface area contributed by atoms with Crippen molar-refractivity contribution in [3.05, 3.63) is 82.8 Å². The second kappa shape index (κ2) is 7.40. The molecule has 3 nitrogen and oxygen atoms in total. The highest BCUT2D eigenvalue weighted by Crippen LogP contribution is 2.27. The molecule has 0 unspecified atom stereocenters. The average Bonchev–Trinajstić information content (AvgIpc) is 3.03. The monoisotopic (exact) mass is 382 g/mol. The van der Waals surface area contributed by atoms with Gasteiger partial charge < -0.3 is 9.30 Å². The first-order valence-corrected chi connectivity index (χ1v) is 9.06. The lowest BCUT2D eigenvalue weighted by Gasteiger charge is -2.12. The van der Waals surface area contributed by atoms with E-state index in [0.717, 1.165) is 22.4 Å². The Balaban J connectivity index is 1.65. The van der Waals surface area contributed by atoms with Gasteiger partial charge in [-0.1, -0.05) is 47.5 Å². The quantitative estimate of drug-likeness (QED) is 0.417. The maximum absolute atomic E-state index is 6.17. The summed E-state index contributed by atoms with van der Waals surface area (Å²) in [5, 5.41) is 1.32. The Morgan fingerprint density at radius 3 is 2.38 bits per heavy atom. The Morgan fingerprint density at radius 1 is 0.846 bits per heavy atom. The van der Waals surface area contributed by atoms with Crippen LogP contribution in [0.2, 0.25) is 10.0 Å². The third-order valence-electron chi connectivity index (χ3n) is 4.17. The first-order chi connectivity index (χ1) is 12.7. The fourth-order valence-electron chi connectivity index (χ4n) is 2.93. The van der Waals surface area contributed by atoms with E-state index < -0.39 is 0 Å². The first kappa shape index (κ1) is 17.0. The van der Waals surface area contributed by atoms with Crippen molar-refractivity contribution in [2.24, 2.45) is 0 Å². The van der Waals surface area contributed by atoms with Gasteiger partial charge in [-0.2, -0.15) is 0 Å². The van der Waals surface area contributed by atoms with Gasteiger partial charge in [0.15, 0.2) is 0 Å². The number of benzene rings is 3. The molecule has 130 valence electrons. The van der Waals surface area contributed by atoms with Gasteiger partial charge in [0.1, 0.15) is 18.2 Å². The van der Waals surface area contributed by atoms with Crippen molar-refractivity contribution < 1.29 is 4.74 Å². The van der Waals surface area contributed by atoms with Gasteiger partial charge in [0.25, 0.3) is 0 Å². The molecule has 0 aliphatic carbocycles. The topological polar surface area (TPSA) is 27.1 Å². The van der Waals surface area contributed by atoms with Gasteiger partial charge in [0, 0.05) is 10.6 Å². The fourth-order valence-corrected chi connectivity index (χ4v) is 3.25. The maximum atomic E-state index is 6.17. The maximum Gasteiger partial charge on any atom is 0.141 e. The fraction of sp³-hybridized carbons (Fsp3) is 0.0952. The summed E-state index contributed by atoms with van der Waals surface area (Å²) < 4.78 is 8.03. The summed E-state index contributed by atoms with van der Waals surface area (Å²) >= 11 is 12.2. The summed E-state index contributed by atoms with van der Waals surface area (Å²) in [7, 11) is 0. The number of para-hydroxylation sites is 3. The lowest BCUT2D eigenvalue weighted by molar-refractivity contribution is 0.301. The lowest BCUT2D eigenvalue weighted by atomic mass is 10.2. The van der Waals surface area contributed by atoms with Crippen molar-refractivity contribution >= 4 is 34.2 Å². The summed E-state index contributed by atoms with van der Waals surface area (Å²) in [5.74, 6) is 1.58. The van der Waals surface area contributed by atoms with Crippen LogP contribution in [0.25, 0.3) is 22.4 Å². The Bertz CT molecular complexity index is 1040. The van der Waals surface area contributed by atoms with Crippen LogP contribution in [0.15, 0.2) is 72.8 Å². The van der Waals surface area contributed by atoms with Crippen LogP contribution in [-0.2, 0) is 6.54 Å². The smallest absolute Gasteiger partial charge is 0.141 e. The standard InChI is InChI=1S/C21H16Cl2N2O/c22-16-11-9-15(10-12-16)21-24-18-6-2-3-7-19(18)25(21)13-14-26-20-8-4-1-5-17(20)23/h1-12H,13-14H2. The van der Waals surface area contributed by atoms with Gasteiger partial charge in [-0.25, -0.2) is 4.98 Å². The predicted molar refractivity (Wildman–Crippen MR) is 107 cm³/mol. The molecule has 0 saturated heterocycles. The van der Waals surface area contributed by atoms with Gasteiger partial charge in [-0.05, 0) is 48.5 Å². The zero-order chi connectivity index (χ0) is 17.9.